The fourth-order valence-corrected chi connectivity index (χ4v) is 3.34. The molecule has 0 radical (unpaired) electrons. The van der Waals surface area contributed by atoms with Gasteiger partial charge in [0.25, 0.3) is 0 Å². The van der Waals surface area contributed by atoms with Crippen molar-refractivity contribution in [1.29, 1.82) is 0 Å². The van der Waals surface area contributed by atoms with Crippen LogP contribution in [0, 0.1) is 0 Å². The van der Waals surface area contributed by atoms with Gasteiger partial charge < -0.3 is 19.9 Å². The number of nitrogen functional groups attached to an aromatic ring is 1. The van der Waals surface area contributed by atoms with Crippen LogP contribution < -0.4 is 30.8 Å². The highest BCUT2D eigenvalue weighted by Gasteiger charge is 2.25. The first-order valence-corrected chi connectivity index (χ1v) is 10.2. The van der Waals surface area contributed by atoms with Gasteiger partial charge in [-0.1, -0.05) is 30.3 Å². The van der Waals surface area contributed by atoms with E-state index in [4.69, 9.17) is 19.9 Å². The molecule has 6 nitrogen and oxygen atoms in total. The summed E-state index contributed by atoms with van der Waals surface area (Å²) in [6, 6.07) is 25.9. The largest absolute Gasteiger partial charge is 0.492 e. The van der Waals surface area contributed by atoms with Gasteiger partial charge in [-0.3, -0.25) is 5.43 Å². The number of nitrogens with one attached hydrogen (secondary N) is 2. The van der Waals surface area contributed by atoms with Gasteiger partial charge in [-0.25, -0.2) is 5.43 Å². The van der Waals surface area contributed by atoms with E-state index in [9.17, 15) is 0 Å². The van der Waals surface area contributed by atoms with Crippen LogP contribution in [0.15, 0.2) is 78.9 Å². The number of hydrogen-bond donors (Lipinski definition) is 3. The van der Waals surface area contributed by atoms with Crippen molar-refractivity contribution < 1.29 is 14.2 Å². The zero-order valence-electron chi connectivity index (χ0n) is 16.8. The summed E-state index contributed by atoms with van der Waals surface area (Å²) in [5, 5.41) is 0. The third kappa shape index (κ3) is 5.65. The molecule has 0 aliphatic carbocycles. The smallest absolute Gasteiger partial charge is 0.122 e. The molecule has 2 unspecified atom stereocenters. The minimum Gasteiger partial charge on any atom is -0.492 e. The average Bonchev–Trinajstić information content (AvgIpc) is 3.27. The van der Waals surface area contributed by atoms with Crippen LogP contribution in [0.25, 0.3) is 0 Å². The van der Waals surface area contributed by atoms with E-state index in [2.05, 4.69) is 23.0 Å². The monoisotopic (exact) mass is 405 g/mol. The lowest BCUT2D eigenvalue weighted by molar-refractivity contribution is 0.217. The average molecular weight is 405 g/mol. The van der Waals surface area contributed by atoms with Crippen LogP contribution in [0.4, 0.5) is 5.69 Å². The highest BCUT2D eigenvalue weighted by Crippen LogP contribution is 2.25. The summed E-state index contributed by atoms with van der Waals surface area (Å²) in [4.78, 5) is 0. The van der Waals surface area contributed by atoms with Crippen molar-refractivity contribution in [2.45, 2.75) is 18.5 Å². The van der Waals surface area contributed by atoms with Crippen molar-refractivity contribution in [1.82, 2.24) is 10.9 Å². The van der Waals surface area contributed by atoms with Gasteiger partial charge in [0, 0.05) is 11.7 Å². The molecule has 1 aliphatic rings. The fourth-order valence-electron chi connectivity index (χ4n) is 3.34. The van der Waals surface area contributed by atoms with Gasteiger partial charge in [0.1, 0.15) is 37.1 Å². The van der Waals surface area contributed by atoms with E-state index in [0.29, 0.717) is 19.8 Å². The molecule has 6 heteroatoms. The molecule has 4 rings (SSSR count). The molecule has 3 aromatic rings. The number of ether oxygens (including phenoxy) is 3. The van der Waals surface area contributed by atoms with Crippen molar-refractivity contribution in [3.63, 3.8) is 0 Å². The van der Waals surface area contributed by atoms with E-state index in [1.807, 2.05) is 66.7 Å². The molecule has 0 saturated carbocycles. The Hall–Kier alpha value is -3.22. The predicted octanol–water partition coefficient (Wildman–Crippen LogP) is 3.71. The maximum absolute atomic E-state index is 5.85. The first-order valence-electron chi connectivity index (χ1n) is 10.2. The Bertz CT molecular complexity index is 901. The molecule has 0 bridgehead atoms. The molecule has 0 aromatic heterocycles. The van der Waals surface area contributed by atoms with E-state index in [-0.39, 0.29) is 12.1 Å². The summed E-state index contributed by atoms with van der Waals surface area (Å²) in [6.45, 7) is 1.60. The fraction of sp³-hybridized carbons (Fsp3) is 0.250. The van der Waals surface area contributed by atoms with Gasteiger partial charge in [0.2, 0.25) is 0 Å². The van der Waals surface area contributed by atoms with Crippen LogP contribution in [0.5, 0.6) is 17.2 Å². The van der Waals surface area contributed by atoms with Crippen molar-refractivity contribution in [2.75, 3.05) is 25.6 Å². The first kappa shape index (κ1) is 20.1. The van der Waals surface area contributed by atoms with Crippen molar-refractivity contribution in [3.8, 4) is 17.2 Å². The minimum atomic E-state index is 0.235. The van der Waals surface area contributed by atoms with Crippen molar-refractivity contribution in [2.24, 2.45) is 0 Å². The second-order valence-electron chi connectivity index (χ2n) is 7.23. The summed E-state index contributed by atoms with van der Waals surface area (Å²) in [5.74, 6) is 2.52. The van der Waals surface area contributed by atoms with Gasteiger partial charge >= 0.3 is 0 Å². The third-order valence-corrected chi connectivity index (χ3v) is 4.96. The van der Waals surface area contributed by atoms with Crippen LogP contribution in [-0.4, -0.2) is 25.9 Å². The summed E-state index contributed by atoms with van der Waals surface area (Å²) in [7, 11) is 0. The summed E-state index contributed by atoms with van der Waals surface area (Å²) >= 11 is 0. The van der Waals surface area contributed by atoms with Gasteiger partial charge in [0.05, 0.1) is 6.04 Å². The van der Waals surface area contributed by atoms with Crippen LogP contribution in [-0.2, 0) is 0 Å². The molecule has 3 aromatic carbocycles. The Morgan fingerprint density at radius 1 is 0.700 bits per heavy atom. The van der Waals surface area contributed by atoms with E-state index < -0.39 is 0 Å². The minimum absolute atomic E-state index is 0.235. The molecule has 1 aliphatic heterocycles. The highest BCUT2D eigenvalue weighted by molar-refractivity contribution is 5.41. The zero-order chi connectivity index (χ0) is 20.6. The molecule has 30 heavy (non-hydrogen) atoms. The van der Waals surface area contributed by atoms with E-state index >= 15 is 0 Å². The molecule has 0 spiro atoms. The Balaban J connectivity index is 1.19. The Morgan fingerprint density at radius 2 is 1.30 bits per heavy atom. The van der Waals surface area contributed by atoms with Crippen LogP contribution in [0.3, 0.4) is 0 Å². The normalized spacial score (nSPS) is 18.1. The quantitative estimate of drug-likeness (QED) is 0.372. The molecular formula is C24H27N3O3. The standard InChI is InChI=1S/C24H27N3O3/c25-19-8-12-23(13-9-19)30-17-20-16-24(27-26-20)18-6-10-22(11-7-18)29-15-14-28-21-4-2-1-3-5-21/h1-13,20,24,26-27H,14-17,25H2. The number of rotatable bonds is 9. The Labute approximate surface area is 176 Å². The molecule has 2 atom stereocenters. The van der Waals surface area contributed by atoms with E-state index in [0.717, 1.165) is 29.4 Å². The van der Waals surface area contributed by atoms with Gasteiger partial charge in [-0.2, -0.15) is 0 Å². The lowest BCUT2D eigenvalue weighted by Crippen LogP contribution is -2.34. The SMILES string of the molecule is Nc1ccc(OCC2CC(c3ccc(OCCOc4ccccc4)cc3)NN2)cc1. The van der Waals surface area contributed by atoms with Gasteiger partial charge in [-0.15, -0.1) is 0 Å². The van der Waals surface area contributed by atoms with E-state index in [1.165, 1.54) is 5.56 Å². The maximum Gasteiger partial charge on any atom is 0.122 e. The second kappa shape index (κ2) is 10.0. The van der Waals surface area contributed by atoms with Gasteiger partial charge in [0.15, 0.2) is 0 Å². The summed E-state index contributed by atoms with van der Waals surface area (Å²) in [5.41, 5.74) is 14.3. The maximum atomic E-state index is 5.85. The Morgan fingerprint density at radius 3 is 2.00 bits per heavy atom. The lowest BCUT2D eigenvalue weighted by Gasteiger charge is -2.12. The number of benzene rings is 3. The number of hydrazine groups is 1. The molecule has 1 heterocycles. The molecule has 4 N–H and O–H groups in total. The Kier molecular flexibility index (Phi) is 6.69. The summed E-state index contributed by atoms with van der Waals surface area (Å²) < 4.78 is 17.3. The summed E-state index contributed by atoms with van der Waals surface area (Å²) in [6.07, 6.45) is 0.945. The van der Waals surface area contributed by atoms with Crippen LogP contribution >= 0.6 is 0 Å². The first-order chi connectivity index (χ1) is 14.8. The number of nitrogens with two attached hydrogens (primary N) is 1. The number of hydrogen-bond acceptors (Lipinski definition) is 6. The molecular weight excluding hydrogens is 378 g/mol. The zero-order valence-corrected chi connectivity index (χ0v) is 16.8. The van der Waals surface area contributed by atoms with Crippen LogP contribution in [0.2, 0.25) is 0 Å². The lowest BCUT2D eigenvalue weighted by atomic mass is 10.0. The molecule has 0 amide bonds. The van der Waals surface area contributed by atoms with Crippen molar-refractivity contribution in [3.05, 3.63) is 84.4 Å². The number of para-hydroxylation sites is 1. The van der Waals surface area contributed by atoms with Crippen molar-refractivity contribution >= 4 is 5.69 Å². The third-order valence-electron chi connectivity index (χ3n) is 4.96. The number of anilines is 1. The van der Waals surface area contributed by atoms with Gasteiger partial charge in [-0.05, 0) is 60.5 Å². The highest BCUT2D eigenvalue weighted by atomic mass is 16.5. The predicted molar refractivity (Wildman–Crippen MR) is 118 cm³/mol. The molecule has 156 valence electrons. The molecule has 1 saturated heterocycles. The topological polar surface area (TPSA) is 77.8 Å². The van der Waals surface area contributed by atoms with E-state index in [1.54, 1.807) is 0 Å². The van der Waals surface area contributed by atoms with Crippen LogP contribution in [0.1, 0.15) is 18.0 Å². The molecule has 1 fully saturated rings. The second-order valence-corrected chi connectivity index (χ2v) is 7.23.